The highest BCUT2D eigenvalue weighted by Gasteiger charge is 2.28. The Labute approximate surface area is 140 Å². The number of ether oxygens (including phenoxy) is 3. The zero-order valence-corrected chi connectivity index (χ0v) is 14.5. The molecule has 1 saturated heterocycles. The molecule has 0 spiro atoms. The smallest absolute Gasteiger partial charge is 0.254 e. The third-order valence-electron chi connectivity index (χ3n) is 4.07. The van der Waals surface area contributed by atoms with Gasteiger partial charge in [-0.05, 0) is 12.1 Å². The molecule has 132 valence electrons. The number of hydrogen-bond acceptors (Lipinski definition) is 6. The van der Waals surface area contributed by atoms with Gasteiger partial charge < -0.3 is 19.1 Å². The highest BCUT2D eigenvalue weighted by Crippen LogP contribution is 2.40. The number of fused-ring (bicyclic) bond motifs is 1. The van der Waals surface area contributed by atoms with Crippen molar-refractivity contribution in [3.8, 4) is 17.2 Å². The average molecular weight is 356 g/mol. The summed E-state index contributed by atoms with van der Waals surface area (Å²) in [5.41, 5.74) is 0.434. The van der Waals surface area contributed by atoms with Gasteiger partial charge in [-0.2, -0.15) is 4.31 Å². The maximum atomic E-state index is 12.7. The van der Waals surface area contributed by atoms with Gasteiger partial charge in [0.2, 0.25) is 15.8 Å². The number of piperazine rings is 1. The predicted octanol–water partition coefficient (Wildman–Crippen LogP) is 0.184. The summed E-state index contributed by atoms with van der Waals surface area (Å²) in [6.45, 7) is 2.15. The Morgan fingerprint density at radius 1 is 1.12 bits per heavy atom. The topological polar surface area (TPSA) is 85.4 Å². The van der Waals surface area contributed by atoms with Crippen molar-refractivity contribution in [2.75, 3.05) is 52.8 Å². The van der Waals surface area contributed by atoms with Gasteiger partial charge in [-0.25, -0.2) is 8.42 Å². The van der Waals surface area contributed by atoms with Gasteiger partial charge in [0.15, 0.2) is 11.5 Å². The van der Waals surface area contributed by atoms with Crippen LogP contribution in [0, 0.1) is 0 Å². The minimum Gasteiger partial charge on any atom is -0.493 e. The number of rotatable bonds is 3. The first-order valence-corrected chi connectivity index (χ1v) is 9.47. The van der Waals surface area contributed by atoms with E-state index in [1.807, 2.05) is 0 Å². The van der Waals surface area contributed by atoms with Gasteiger partial charge in [-0.3, -0.25) is 4.79 Å². The molecule has 8 nitrogen and oxygen atoms in total. The lowest BCUT2D eigenvalue weighted by Gasteiger charge is -2.33. The quantitative estimate of drug-likeness (QED) is 0.768. The molecule has 1 amide bonds. The number of nitrogens with zero attached hydrogens (tertiary/aromatic N) is 2. The van der Waals surface area contributed by atoms with E-state index in [1.165, 1.54) is 17.7 Å². The molecule has 0 aliphatic carbocycles. The number of methoxy groups -OCH3 is 1. The molecule has 1 aromatic carbocycles. The SMILES string of the molecule is COc1cc(C(=O)N2CCN(S(C)(=O)=O)CC2)cc2c1OCCO2. The fourth-order valence-corrected chi connectivity index (χ4v) is 3.63. The van der Waals surface area contributed by atoms with Gasteiger partial charge in [0.05, 0.1) is 13.4 Å². The fraction of sp³-hybridized carbons (Fsp3) is 0.533. The second kappa shape index (κ2) is 6.48. The van der Waals surface area contributed by atoms with Gasteiger partial charge in [0, 0.05) is 31.7 Å². The van der Waals surface area contributed by atoms with Crippen molar-refractivity contribution in [1.29, 1.82) is 0 Å². The number of carbonyl (C=O) groups excluding carboxylic acids is 1. The summed E-state index contributed by atoms with van der Waals surface area (Å²) < 4.78 is 40.8. The molecular formula is C15H20N2O6S. The van der Waals surface area contributed by atoms with Crippen LogP contribution in [0.25, 0.3) is 0 Å². The maximum Gasteiger partial charge on any atom is 0.254 e. The maximum absolute atomic E-state index is 12.7. The van der Waals surface area contributed by atoms with Gasteiger partial charge in [0.25, 0.3) is 5.91 Å². The van der Waals surface area contributed by atoms with Crippen molar-refractivity contribution in [3.63, 3.8) is 0 Å². The third-order valence-corrected chi connectivity index (χ3v) is 5.37. The molecule has 0 radical (unpaired) electrons. The van der Waals surface area contributed by atoms with E-state index in [1.54, 1.807) is 17.0 Å². The fourth-order valence-electron chi connectivity index (χ4n) is 2.80. The summed E-state index contributed by atoms with van der Waals surface area (Å²) in [6, 6.07) is 3.26. The molecule has 2 heterocycles. The molecule has 0 N–H and O–H groups in total. The number of hydrogen-bond donors (Lipinski definition) is 0. The van der Waals surface area contributed by atoms with Crippen molar-refractivity contribution in [1.82, 2.24) is 9.21 Å². The van der Waals surface area contributed by atoms with Crippen molar-refractivity contribution in [2.45, 2.75) is 0 Å². The third kappa shape index (κ3) is 3.27. The molecule has 0 saturated carbocycles. The first-order chi connectivity index (χ1) is 11.4. The summed E-state index contributed by atoms with van der Waals surface area (Å²) in [5, 5.41) is 0. The molecule has 9 heteroatoms. The summed E-state index contributed by atoms with van der Waals surface area (Å²) in [7, 11) is -1.72. The second-order valence-corrected chi connectivity index (χ2v) is 7.64. The molecule has 0 atom stereocenters. The lowest BCUT2D eigenvalue weighted by atomic mass is 10.1. The van der Waals surface area contributed by atoms with Crippen LogP contribution in [0.2, 0.25) is 0 Å². The molecule has 2 aliphatic heterocycles. The van der Waals surface area contributed by atoms with Gasteiger partial charge in [-0.15, -0.1) is 0 Å². The normalized spacial score (nSPS) is 18.3. The van der Waals surface area contributed by atoms with E-state index in [2.05, 4.69) is 0 Å². The second-order valence-electron chi connectivity index (χ2n) is 5.66. The molecule has 1 aromatic rings. The van der Waals surface area contributed by atoms with Crippen LogP contribution in [-0.4, -0.2) is 76.3 Å². The van der Waals surface area contributed by atoms with Crippen molar-refractivity contribution >= 4 is 15.9 Å². The molecule has 3 rings (SSSR count). The van der Waals surface area contributed by atoms with Crippen LogP contribution in [0.15, 0.2) is 12.1 Å². The molecule has 0 bridgehead atoms. The first-order valence-electron chi connectivity index (χ1n) is 7.62. The Morgan fingerprint density at radius 2 is 1.79 bits per heavy atom. The summed E-state index contributed by atoms with van der Waals surface area (Å²) >= 11 is 0. The Balaban J connectivity index is 1.79. The van der Waals surface area contributed by atoms with E-state index in [4.69, 9.17) is 14.2 Å². The van der Waals surface area contributed by atoms with Crippen LogP contribution in [0.3, 0.4) is 0 Å². The van der Waals surface area contributed by atoms with Crippen LogP contribution in [0.1, 0.15) is 10.4 Å². The lowest BCUT2D eigenvalue weighted by molar-refractivity contribution is 0.0696. The van der Waals surface area contributed by atoms with E-state index >= 15 is 0 Å². The number of benzene rings is 1. The lowest BCUT2D eigenvalue weighted by Crippen LogP contribution is -2.50. The number of sulfonamides is 1. The number of amides is 1. The van der Waals surface area contributed by atoms with Gasteiger partial charge >= 0.3 is 0 Å². The zero-order chi connectivity index (χ0) is 17.3. The van der Waals surface area contributed by atoms with E-state index in [9.17, 15) is 13.2 Å². The Bertz CT molecular complexity index is 723. The summed E-state index contributed by atoms with van der Waals surface area (Å²) in [5.74, 6) is 1.25. The Hall–Kier alpha value is -2.00. The van der Waals surface area contributed by atoms with Crippen LogP contribution < -0.4 is 14.2 Å². The van der Waals surface area contributed by atoms with Crippen molar-refractivity contribution in [3.05, 3.63) is 17.7 Å². The summed E-state index contributed by atoms with van der Waals surface area (Å²) in [4.78, 5) is 14.3. The van der Waals surface area contributed by atoms with Crippen LogP contribution >= 0.6 is 0 Å². The van der Waals surface area contributed by atoms with E-state index in [-0.39, 0.29) is 5.91 Å². The molecule has 1 fully saturated rings. The highest BCUT2D eigenvalue weighted by atomic mass is 32.2. The Kier molecular flexibility index (Phi) is 4.55. The Morgan fingerprint density at radius 3 is 2.42 bits per heavy atom. The predicted molar refractivity (Wildman–Crippen MR) is 86.3 cm³/mol. The molecular weight excluding hydrogens is 336 g/mol. The first kappa shape index (κ1) is 16.8. The van der Waals surface area contributed by atoms with Crippen LogP contribution in [0.5, 0.6) is 17.2 Å². The van der Waals surface area contributed by atoms with E-state index in [0.29, 0.717) is 62.2 Å². The average Bonchev–Trinajstić information content (AvgIpc) is 2.59. The monoisotopic (exact) mass is 356 g/mol. The largest absolute Gasteiger partial charge is 0.493 e. The van der Waals surface area contributed by atoms with E-state index < -0.39 is 10.0 Å². The summed E-state index contributed by atoms with van der Waals surface area (Å²) in [6.07, 6.45) is 1.18. The zero-order valence-electron chi connectivity index (χ0n) is 13.6. The standard InChI is InChI=1S/C15H20N2O6S/c1-21-12-9-11(10-13-14(12)23-8-7-22-13)15(18)16-3-5-17(6-4-16)24(2,19)20/h9-10H,3-8H2,1-2H3. The molecule has 2 aliphatic rings. The molecule has 0 aromatic heterocycles. The number of carbonyl (C=O) groups is 1. The van der Waals surface area contributed by atoms with Crippen LogP contribution in [0.4, 0.5) is 0 Å². The van der Waals surface area contributed by atoms with E-state index in [0.717, 1.165) is 0 Å². The molecule has 24 heavy (non-hydrogen) atoms. The van der Waals surface area contributed by atoms with Crippen molar-refractivity contribution < 1.29 is 27.4 Å². The highest BCUT2D eigenvalue weighted by molar-refractivity contribution is 7.88. The molecule has 0 unspecified atom stereocenters. The van der Waals surface area contributed by atoms with Gasteiger partial charge in [-0.1, -0.05) is 0 Å². The minimum atomic E-state index is -3.22. The van der Waals surface area contributed by atoms with Crippen molar-refractivity contribution in [2.24, 2.45) is 0 Å². The van der Waals surface area contributed by atoms with Crippen LogP contribution in [-0.2, 0) is 10.0 Å². The minimum absolute atomic E-state index is 0.182. The van der Waals surface area contributed by atoms with Gasteiger partial charge in [0.1, 0.15) is 13.2 Å².